The molecule has 1 aromatic heterocycles. The molecular weight excluding hydrogens is 335 g/mol. The summed E-state index contributed by atoms with van der Waals surface area (Å²) in [6.45, 7) is 7.95. The van der Waals surface area contributed by atoms with Gasteiger partial charge in [0, 0.05) is 5.02 Å². The van der Waals surface area contributed by atoms with Gasteiger partial charge < -0.3 is 5.11 Å². The second kappa shape index (κ2) is 6.93. The van der Waals surface area contributed by atoms with E-state index >= 15 is 0 Å². The molecule has 0 atom stereocenters. The summed E-state index contributed by atoms with van der Waals surface area (Å²) in [6.07, 6.45) is 0.590. The van der Waals surface area contributed by atoms with Crippen LogP contribution in [-0.4, -0.2) is 20.9 Å². The van der Waals surface area contributed by atoms with Crippen LogP contribution < -0.4 is 0 Å². The van der Waals surface area contributed by atoms with E-state index in [0.29, 0.717) is 39.5 Å². The van der Waals surface area contributed by atoms with Crippen molar-refractivity contribution < 1.29 is 9.90 Å². The zero-order chi connectivity index (χ0) is 17.3. The van der Waals surface area contributed by atoms with E-state index < -0.39 is 5.97 Å². The van der Waals surface area contributed by atoms with Gasteiger partial charge in [0.1, 0.15) is 5.56 Å². The Labute approximate surface area is 146 Å². The highest BCUT2D eigenvalue weighted by Crippen LogP contribution is 2.31. The van der Waals surface area contributed by atoms with Crippen LogP contribution in [0.3, 0.4) is 0 Å². The maximum Gasteiger partial charge on any atom is 0.339 e. The first kappa shape index (κ1) is 17.8. The number of hydrogen-bond acceptors (Lipinski definition) is 2. The molecule has 0 aliphatic rings. The van der Waals surface area contributed by atoms with Crippen LogP contribution in [0.2, 0.25) is 10.0 Å². The Hall–Kier alpha value is -1.52. The van der Waals surface area contributed by atoms with Crippen molar-refractivity contribution in [2.24, 2.45) is 5.92 Å². The van der Waals surface area contributed by atoms with Gasteiger partial charge in [0.25, 0.3) is 0 Å². The van der Waals surface area contributed by atoms with Crippen LogP contribution in [0, 0.1) is 5.92 Å². The summed E-state index contributed by atoms with van der Waals surface area (Å²) in [4.78, 5) is 11.8. The Kier molecular flexibility index (Phi) is 5.37. The minimum absolute atomic E-state index is 0.0236. The van der Waals surface area contributed by atoms with Crippen LogP contribution in [-0.2, 0) is 6.42 Å². The van der Waals surface area contributed by atoms with Crippen molar-refractivity contribution in [1.29, 1.82) is 0 Å². The molecule has 0 aliphatic heterocycles. The normalized spacial score (nSPS) is 11.5. The number of aromatic nitrogens is 2. The maximum absolute atomic E-state index is 11.8. The van der Waals surface area contributed by atoms with E-state index in [-0.39, 0.29) is 11.5 Å². The van der Waals surface area contributed by atoms with E-state index in [1.165, 1.54) is 0 Å². The number of halogens is 2. The fourth-order valence-electron chi connectivity index (χ4n) is 2.61. The van der Waals surface area contributed by atoms with Gasteiger partial charge in [-0.3, -0.25) is 0 Å². The van der Waals surface area contributed by atoms with Crippen molar-refractivity contribution in [2.75, 3.05) is 0 Å². The molecule has 4 nitrogen and oxygen atoms in total. The second-order valence-corrected chi connectivity index (χ2v) is 7.12. The lowest BCUT2D eigenvalue weighted by Gasteiger charge is -2.13. The summed E-state index contributed by atoms with van der Waals surface area (Å²) in [6, 6.07) is 5.08. The average Bonchev–Trinajstić information content (AvgIpc) is 2.80. The molecule has 2 rings (SSSR count). The van der Waals surface area contributed by atoms with Crippen LogP contribution >= 0.6 is 23.2 Å². The summed E-state index contributed by atoms with van der Waals surface area (Å²) in [5.74, 6) is -0.690. The van der Waals surface area contributed by atoms with Crippen molar-refractivity contribution >= 4 is 29.2 Å². The van der Waals surface area contributed by atoms with Crippen molar-refractivity contribution in [3.63, 3.8) is 0 Å². The van der Waals surface area contributed by atoms with Gasteiger partial charge in [0.05, 0.1) is 22.1 Å². The molecule has 1 N–H and O–H groups in total. The molecule has 0 aliphatic carbocycles. The topological polar surface area (TPSA) is 55.1 Å². The number of carboxylic acid groups (broad SMARTS) is 1. The highest BCUT2D eigenvalue weighted by atomic mass is 35.5. The summed E-state index contributed by atoms with van der Waals surface area (Å²) in [5, 5.41) is 15.2. The monoisotopic (exact) mass is 354 g/mol. The molecule has 0 saturated carbocycles. The summed E-state index contributed by atoms with van der Waals surface area (Å²) >= 11 is 12.4. The van der Waals surface area contributed by atoms with Crippen molar-refractivity contribution in [2.45, 2.75) is 40.0 Å². The minimum Gasteiger partial charge on any atom is -0.478 e. The van der Waals surface area contributed by atoms with E-state index in [9.17, 15) is 9.90 Å². The number of carboxylic acids is 1. The van der Waals surface area contributed by atoms with Gasteiger partial charge in [-0.2, -0.15) is 5.10 Å². The Morgan fingerprint density at radius 3 is 2.43 bits per heavy atom. The molecule has 0 bridgehead atoms. The lowest BCUT2D eigenvalue weighted by atomic mass is 9.99. The molecule has 0 fully saturated rings. The van der Waals surface area contributed by atoms with Crippen LogP contribution in [0.1, 0.15) is 55.4 Å². The quantitative estimate of drug-likeness (QED) is 0.802. The van der Waals surface area contributed by atoms with E-state index in [0.717, 1.165) is 0 Å². The first-order chi connectivity index (χ1) is 10.7. The zero-order valence-electron chi connectivity index (χ0n) is 13.6. The van der Waals surface area contributed by atoms with Gasteiger partial charge >= 0.3 is 5.97 Å². The van der Waals surface area contributed by atoms with E-state index in [4.69, 9.17) is 23.2 Å². The molecule has 2 aromatic rings. The van der Waals surface area contributed by atoms with E-state index in [2.05, 4.69) is 5.10 Å². The Balaban J connectivity index is 2.77. The van der Waals surface area contributed by atoms with Gasteiger partial charge in [0.2, 0.25) is 0 Å². The fourth-order valence-corrected chi connectivity index (χ4v) is 2.97. The Morgan fingerprint density at radius 1 is 1.26 bits per heavy atom. The third kappa shape index (κ3) is 3.70. The lowest BCUT2D eigenvalue weighted by Crippen LogP contribution is -2.09. The molecular formula is C17H20Cl2N2O2. The molecule has 6 heteroatoms. The Bertz CT molecular complexity index is 736. The first-order valence-corrected chi connectivity index (χ1v) is 8.28. The van der Waals surface area contributed by atoms with Crippen molar-refractivity contribution in [3.8, 4) is 5.69 Å². The van der Waals surface area contributed by atoms with Crippen LogP contribution in [0.25, 0.3) is 5.69 Å². The van der Waals surface area contributed by atoms with Crippen molar-refractivity contribution in [1.82, 2.24) is 9.78 Å². The Morgan fingerprint density at radius 2 is 1.91 bits per heavy atom. The third-order valence-corrected chi connectivity index (χ3v) is 4.05. The highest BCUT2D eigenvalue weighted by molar-refractivity contribution is 6.34. The van der Waals surface area contributed by atoms with Gasteiger partial charge in [-0.25, -0.2) is 9.48 Å². The molecule has 0 spiro atoms. The number of nitrogens with zero attached hydrogens (tertiary/aromatic N) is 2. The predicted octanol–water partition coefficient (Wildman–Crippen LogP) is 5.20. The molecule has 23 heavy (non-hydrogen) atoms. The first-order valence-electron chi connectivity index (χ1n) is 7.52. The molecule has 0 saturated heterocycles. The zero-order valence-corrected chi connectivity index (χ0v) is 15.1. The third-order valence-electron chi connectivity index (χ3n) is 3.49. The van der Waals surface area contributed by atoms with Gasteiger partial charge in [-0.1, -0.05) is 50.9 Å². The maximum atomic E-state index is 11.8. The smallest absolute Gasteiger partial charge is 0.339 e. The molecule has 0 unspecified atom stereocenters. The molecule has 1 heterocycles. The SMILES string of the molecule is CC(C)Cc1nn(-c2cc(Cl)ccc2Cl)c(C(C)C)c1C(=O)O. The summed E-state index contributed by atoms with van der Waals surface area (Å²) in [5.41, 5.74) is 2.08. The van der Waals surface area contributed by atoms with Crippen molar-refractivity contribution in [3.05, 3.63) is 45.2 Å². The van der Waals surface area contributed by atoms with E-state index in [1.54, 1.807) is 22.9 Å². The summed E-state index contributed by atoms with van der Waals surface area (Å²) < 4.78 is 1.63. The largest absolute Gasteiger partial charge is 0.478 e. The van der Waals surface area contributed by atoms with Crippen LogP contribution in [0.5, 0.6) is 0 Å². The fraction of sp³-hybridized carbons (Fsp3) is 0.412. The minimum atomic E-state index is -0.964. The molecule has 0 amide bonds. The van der Waals surface area contributed by atoms with Crippen LogP contribution in [0.15, 0.2) is 18.2 Å². The standard InChI is InChI=1S/C17H20Cl2N2O2/c1-9(2)7-13-15(17(22)23)16(10(3)4)21(20-13)14-8-11(18)5-6-12(14)19/h5-6,8-10H,7H2,1-4H3,(H,22,23). The number of benzene rings is 1. The average molecular weight is 355 g/mol. The predicted molar refractivity (Wildman–Crippen MR) is 93.2 cm³/mol. The van der Waals surface area contributed by atoms with Gasteiger partial charge in [-0.15, -0.1) is 0 Å². The molecule has 1 aromatic carbocycles. The highest BCUT2D eigenvalue weighted by Gasteiger charge is 2.27. The second-order valence-electron chi connectivity index (χ2n) is 6.27. The summed E-state index contributed by atoms with van der Waals surface area (Å²) in [7, 11) is 0. The molecule has 0 radical (unpaired) electrons. The number of carbonyl (C=O) groups is 1. The van der Waals surface area contributed by atoms with Crippen LogP contribution in [0.4, 0.5) is 0 Å². The molecule has 124 valence electrons. The van der Waals surface area contributed by atoms with E-state index in [1.807, 2.05) is 27.7 Å². The van der Waals surface area contributed by atoms with Gasteiger partial charge in [-0.05, 0) is 36.5 Å². The number of aromatic carboxylic acids is 1. The van der Waals surface area contributed by atoms with Gasteiger partial charge in [0.15, 0.2) is 0 Å². The number of hydrogen-bond donors (Lipinski definition) is 1. The lowest BCUT2D eigenvalue weighted by molar-refractivity contribution is 0.0694. The number of rotatable bonds is 5.